The summed E-state index contributed by atoms with van der Waals surface area (Å²) < 4.78 is 2.24. The molecule has 0 radical (unpaired) electrons. The molecular weight excluding hydrogens is 372 g/mol. The summed E-state index contributed by atoms with van der Waals surface area (Å²) in [6, 6.07) is 10.9. The summed E-state index contributed by atoms with van der Waals surface area (Å²) in [5, 5.41) is 8.74. The molecule has 2 aromatic carbocycles. The van der Waals surface area contributed by atoms with Crippen molar-refractivity contribution in [2.24, 2.45) is 7.05 Å². The molecule has 1 atom stereocenters. The fourth-order valence-corrected chi connectivity index (χ4v) is 4.42. The van der Waals surface area contributed by atoms with Crippen LogP contribution in [0.1, 0.15) is 35.0 Å². The molecule has 1 fully saturated rings. The second-order valence-corrected chi connectivity index (χ2v) is 8.36. The van der Waals surface area contributed by atoms with E-state index in [1.165, 1.54) is 27.8 Å². The van der Waals surface area contributed by atoms with Gasteiger partial charge in [0.15, 0.2) is 0 Å². The van der Waals surface area contributed by atoms with Crippen molar-refractivity contribution in [1.29, 1.82) is 0 Å². The van der Waals surface area contributed by atoms with Crippen LogP contribution in [0.25, 0.3) is 16.7 Å². The van der Waals surface area contributed by atoms with Gasteiger partial charge in [0.25, 0.3) is 0 Å². The Labute approximate surface area is 176 Å². The average molecular weight is 399 g/mol. The van der Waals surface area contributed by atoms with Gasteiger partial charge in [-0.1, -0.05) is 18.2 Å². The Morgan fingerprint density at radius 2 is 1.70 bits per heavy atom. The lowest BCUT2D eigenvalue weighted by molar-refractivity contribution is 0.642. The first kappa shape index (κ1) is 18.6. The summed E-state index contributed by atoms with van der Waals surface area (Å²) in [6.07, 6.45) is 4.30. The Morgan fingerprint density at radius 3 is 2.47 bits per heavy atom. The van der Waals surface area contributed by atoms with Gasteiger partial charge in [-0.25, -0.2) is 4.98 Å². The molecule has 2 aromatic heterocycles. The molecule has 4 aromatic rings. The lowest BCUT2D eigenvalue weighted by atomic mass is 10.1. The Balaban J connectivity index is 1.66. The summed E-state index contributed by atoms with van der Waals surface area (Å²) in [4.78, 5) is 9.15. The molecule has 6 nitrogen and oxygen atoms in total. The van der Waals surface area contributed by atoms with Crippen molar-refractivity contribution in [1.82, 2.24) is 24.5 Å². The van der Waals surface area contributed by atoms with Crippen molar-refractivity contribution in [3.8, 4) is 5.69 Å². The maximum absolute atomic E-state index is 5.06. The maximum Gasteiger partial charge on any atom is 0.132 e. The van der Waals surface area contributed by atoms with Gasteiger partial charge in [0.2, 0.25) is 0 Å². The molecule has 0 amide bonds. The molecule has 0 unspecified atom stereocenters. The molecule has 0 saturated carbocycles. The van der Waals surface area contributed by atoms with E-state index in [-0.39, 0.29) is 6.04 Å². The van der Waals surface area contributed by atoms with Gasteiger partial charge in [-0.05, 0) is 68.1 Å². The number of benzene rings is 2. The van der Waals surface area contributed by atoms with Crippen LogP contribution in [-0.4, -0.2) is 31.1 Å². The Bertz CT molecular complexity index is 1260. The highest BCUT2D eigenvalue weighted by Gasteiger charge is 2.34. The highest BCUT2D eigenvalue weighted by atomic mass is 15.5. The number of aromatic nitrogens is 5. The fourth-order valence-electron chi connectivity index (χ4n) is 4.42. The van der Waals surface area contributed by atoms with Crippen LogP contribution in [-0.2, 0) is 7.05 Å². The van der Waals surface area contributed by atoms with Gasteiger partial charge in [-0.3, -0.25) is 0 Å². The summed E-state index contributed by atoms with van der Waals surface area (Å²) >= 11 is 0. The number of hydrogen-bond acceptors (Lipinski definition) is 4. The van der Waals surface area contributed by atoms with Gasteiger partial charge in [0.05, 0.1) is 35.2 Å². The van der Waals surface area contributed by atoms with Crippen LogP contribution in [0.3, 0.4) is 0 Å². The smallest absolute Gasteiger partial charge is 0.132 e. The third-order valence-corrected chi connectivity index (χ3v) is 6.16. The Hall–Kier alpha value is -3.41. The zero-order chi connectivity index (χ0) is 21.0. The predicted molar refractivity (Wildman–Crippen MR) is 120 cm³/mol. The molecule has 0 spiro atoms. The molecule has 3 heterocycles. The predicted octanol–water partition coefficient (Wildman–Crippen LogP) is 4.59. The Morgan fingerprint density at radius 1 is 0.967 bits per heavy atom. The minimum Gasteiger partial charge on any atom is -0.355 e. The molecule has 0 N–H and O–H groups in total. The number of nitrogens with zero attached hydrogens (tertiary/aromatic N) is 6. The van der Waals surface area contributed by atoms with E-state index in [0.717, 1.165) is 35.7 Å². The van der Waals surface area contributed by atoms with Crippen LogP contribution in [0.15, 0.2) is 54.9 Å². The molecule has 1 aliphatic heterocycles. The molecular formula is C24H26N6. The minimum absolute atomic E-state index is 0.117. The first-order valence-electron chi connectivity index (χ1n) is 10.3. The van der Waals surface area contributed by atoms with Crippen LogP contribution in [0, 0.1) is 20.8 Å². The molecule has 30 heavy (non-hydrogen) atoms. The number of fused-ring (bicyclic) bond motifs is 1. The van der Waals surface area contributed by atoms with Crippen molar-refractivity contribution in [3.63, 3.8) is 0 Å². The Kier molecular flexibility index (Phi) is 4.24. The number of imidazole rings is 1. The molecule has 0 aliphatic carbocycles. The summed E-state index contributed by atoms with van der Waals surface area (Å²) in [5.41, 5.74) is 9.26. The van der Waals surface area contributed by atoms with E-state index in [0.29, 0.717) is 0 Å². The van der Waals surface area contributed by atoms with Crippen molar-refractivity contribution in [3.05, 3.63) is 77.4 Å². The van der Waals surface area contributed by atoms with E-state index in [9.17, 15) is 0 Å². The van der Waals surface area contributed by atoms with Gasteiger partial charge in [-0.15, -0.1) is 4.80 Å². The standard InChI is InChI=1S/C24H26N6/c1-15-6-7-20(30-25-8-9-26-30)22(10-15)29-14-16(2)11-23(29)24-27-19-12-17(3)18(4)13-21(19)28(24)5/h6-10,12-13,23H,2,11,14H2,1,3-5H3/t23-/m0/s1. The SMILES string of the molecule is C=C1C[C@@H](c2nc3cc(C)c(C)cc3n2C)N(c2cc(C)ccc2-n2nccn2)C1. The van der Waals surface area contributed by atoms with E-state index < -0.39 is 0 Å². The largest absolute Gasteiger partial charge is 0.355 e. The van der Waals surface area contributed by atoms with E-state index in [2.05, 4.69) is 84.4 Å². The molecule has 0 bridgehead atoms. The highest BCUT2D eigenvalue weighted by molar-refractivity contribution is 5.78. The third-order valence-electron chi connectivity index (χ3n) is 6.16. The first-order chi connectivity index (χ1) is 14.4. The van der Waals surface area contributed by atoms with Crippen LogP contribution < -0.4 is 4.90 Å². The number of aryl methyl sites for hydroxylation is 4. The zero-order valence-electron chi connectivity index (χ0n) is 17.9. The first-order valence-corrected chi connectivity index (χ1v) is 10.3. The quantitative estimate of drug-likeness (QED) is 0.474. The number of anilines is 1. The van der Waals surface area contributed by atoms with Crippen LogP contribution in [0.5, 0.6) is 0 Å². The van der Waals surface area contributed by atoms with E-state index in [4.69, 9.17) is 4.98 Å². The molecule has 6 heteroatoms. The monoisotopic (exact) mass is 398 g/mol. The van der Waals surface area contributed by atoms with Gasteiger partial charge >= 0.3 is 0 Å². The van der Waals surface area contributed by atoms with Gasteiger partial charge in [-0.2, -0.15) is 10.2 Å². The molecule has 1 saturated heterocycles. The lowest BCUT2D eigenvalue weighted by Crippen LogP contribution is -2.26. The van der Waals surface area contributed by atoms with E-state index in [1.54, 1.807) is 17.2 Å². The normalized spacial score (nSPS) is 16.7. The van der Waals surface area contributed by atoms with Crippen molar-refractivity contribution in [2.45, 2.75) is 33.2 Å². The second kappa shape index (κ2) is 6.83. The van der Waals surface area contributed by atoms with E-state index in [1.807, 2.05) is 0 Å². The maximum atomic E-state index is 5.06. The van der Waals surface area contributed by atoms with Crippen molar-refractivity contribution in [2.75, 3.05) is 11.4 Å². The van der Waals surface area contributed by atoms with Gasteiger partial charge in [0.1, 0.15) is 11.5 Å². The number of rotatable bonds is 3. The summed E-state index contributed by atoms with van der Waals surface area (Å²) in [7, 11) is 2.12. The summed E-state index contributed by atoms with van der Waals surface area (Å²) in [5.74, 6) is 1.06. The lowest BCUT2D eigenvalue weighted by Gasteiger charge is -2.28. The fraction of sp³-hybridized carbons (Fsp3) is 0.292. The third kappa shape index (κ3) is 2.91. The van der Waals surface area contributed by atoms with Gasteiger partial charge in [0, 0.05) is 13.6 Å². The van der Waals surface area contributed by atoms with Crippen molar-refractivity contribution < 1.29 is 0 Å². The summed E-state index contributed by atoms with van der Waals surface area (Å²) in [6.45, 7) is 11.5. The van der Waals surface area contributed by atoms with Crippen LogP contribution >= 0.6 is 0 Å². The topological polar surface area (TPSA) is 51.8 Å². The zero-order valence-corrected chi connectivity index (χ0v) is 17.9. The average Bonchev–Trinajstić information content (AvgIpc) is 3.43. The van der Waals surface area contributed by atoms with Crippen LogP contribution in [0.2, 0.25) is 0 Å². The molecule has 152 valence electrons. The number of hydrogen-bond donors (Lipinski definition) is 0. The van der Waals surface area contributed by atoms with E-state index >= 15 is 0 Å². The van der Waals surface area contributed by atoms with Crippen LogP contribution in [0.4, 0.5) is 5.69 Å². The van der Waals surface area contributed by atoms with Crippen molar-refractivity contribution >= 4 is 16.7 Å². The molecule has 5 rings (SSSR count). The second-order valence-electron chi connectivity index (χ2n) is 8.36. The minimum atomic E-state index is 0.117. The van der Waals surface area contributed by atoms with Gasteiger partial charge < -0.3 is 9.47 Å². The highest BCUT2D eigenvalue weighted by Crippen LogP contribution is 2.41. The molecule has 1 aliphatic rings.